The van der Waals surface area contributed by atoms with Crippen LogP contribution in [0.2, 0.25) is 0 Å². The maximum atomic E-state index is 11.7. The molecule has 0 unspecified atom stereocenters. The second kappa shape index (κ2) is 4.64. The van der Waals surface area contributed by atoms with E-state index >= 15 is 0 Å². The van der Waals surface area contributed by atoms with Crippen LogP contribution in [0.25, 0.3) is 0 Å². The van der Waals surface area contributed by atoms with Crippen molar-refractivity contribution < 1.29 is 9.59 Å². The molecule has 2 amide bonds. The van der Waals surface area contributed by atoms with Crippen molar-refractivity contribution in [2.45, 2.75) is 19.4 Å². The Labute approximate surface area is 88.8 Å². The van der Waals surface area contributed by atoms with E-state index in [1.165, 1.54) is 4.90 Å². The molecule has 0 radical (unpaired) electrons. The Morgan fingerprint density at radius 1 is 1.50 bits per heavy atom. The minimum atomic E-state index is -0.341. The van der Waals surface area contributed by atoms with Crippen LogP contribution in [0.1, 0.15) is 13.3 Å². The Bertz CT molecular complexity index is 245. The lowest BCUT2D eigenvalue weighted by Gasteiger charge is -2.36. The fraction of sp³-hybridized carbons (Fsp3) is 0.778. The fourth-order valence-corrected chi connectivity index (χ4v) is 1.56. The number of carbonyl (C=O) groups is 2. The van der Waals surface area contributed by atoms with E-state index in [9.17, 15) is 9.59 Å². The summed E-state index contributed by atoms with van der Waals surface area (Å²) in [5.41, 5.74) is 0. The number of rotatable bonds is 3. The average molecular weight is 219 g/mol. The minimum absolute atomic E-state index is 0.00771. The van der Waals surface area contributed by atoms with Crippen molar-refractivity contribution in [3.63, 3.8) is 0 Å². The number of nitrogens with zero attached hydrogens (tertiary/aromatic N) is 2. The third-order valence-electron chi connectivity index (χ3n) is 2.53. The predicted molar refractivity (Wildman–Crippen MR) is 54.1 cm³/mol. The van der Waals surface area contributed by atoms with Crippen LogP contribution in [0.4, 0.5) is 0 Å². The standard InChI is InChI=1S/C9H15ClN2O2/c1-7-9(14)12(5-3-4-10)6-8(13)11(7)2/h7H,3-6H2,1-2H3/t7-/m0/s1. The van der Waals surface area contributed by atoms with Gasteiger partial charge >= 0.3 is 0 Å². The topological polar surface area (TPSA) is 40.6 Å². The van der Waals surface area contributed by atoms with Crippen LogP contribution in [-0.4, -0.2) is 53.7 Å². The largest absolute Gasteiger partial charge is 0.332 e. The highest BCUT2D eigenvalue weighted by Crippen LogP contribution is 2.10. The van der Waals surface area contributed by atoms with Crippen molar-refractivity contribution in [2.75, 3.05) is 26.0 Å². The van der Waals surface area contributed by atoms with Crippen LogP contribution in [0, 0.1) is 0 Å². The van der Waals surface area contributed by atoms with Crippen LogP contribution in [0.15, 0.2) is 0 Å². The molecule has 1 rings (SSSR count). The second-order valence-electron chi connectivity index (χ2n) is 3.48. The van der Waals surface area contributed by atoms with Gasteiger partial charge in [0.15, 0.2) is 0 Å². The van der Waals surface area contributed by atoms with Crippen molar-refractivity contribution in [2.24, 2.45) is 0 Å². The fourth-order valence-electron chi connectivity index (χ4n) is 1.44. The molecule has 1 aliphatic rings. The number of halogens is 1. The van der Waals surface area contributed by atoms with Gasteiger partial charge in [-0.25, -0.2) is 0 Å². The molecule has 1 aliphatic heterocycles. The highest BCUT2D eigenvalue weighted by Gasteiger charge is 2.33. The highest BCUT2D eigenvalue weighted by molar-refractivity contribution is 6.17. The summed E-state index contributed by atoms with van der Waals surface area (Å²) < 4.78 is 0. The van der Waals surface area contributed by atoms with E-state index in [0.717, 1.165) is 6.42 Å². The van der Waals surface area contributed by atoms with Gasteiger partial charge in [-0.2, -0.15) is 0 Å². The van der Waals surface area contributed by atoms with Crippen molar-refractivity contribution in [3.8, 4) is 0 Å². The molecule has 0 saturated carbocycles. The van der Waals surface area contributed by atoms with Gasteiger partial charge in [-0.1, -0.05) is 0 Å². The second-order valence-corrected chi connectivity index (χ2v) is 3.86. The maximum Gasteiger partial charge on any atom is 0.245 e. The first-order valence-corrected chi connectivity index (χ1v) is 5.21. The van der Waals surface area contributed by atoms with Gasteiger partial charge in [0.05, 0.1) is 6.54 Å². The van der Waals surface area contributed by atoms with E-state index in [-0.39, 0.29) is 24.4 Å². The zero-order chi connectivity index (χ0) is 10.7. The zero-order valence-electron chi connectivity index (χ0n) is 8.49. The molecule has 1 fully saturated rings. The summed E-state index contributed by atoms with van der Waals surface area (Å²) in [6, 6.07) is -0.341. The van der Waals surface area contributed by atoms with E-state index in [4.69, 9.17) is 11.6 Å². The molecule has 0 aromatic rings. The van der Waals surface area contributed by atoms with Crippen LogP contribution < -0.4 is 0 Å². The highest BCUT2D eigenvalue weighted by atomic mass is 35.5. The number of piperazine rings is 1. The van der Waals surface area contributed by atoms with E-state index in [0.29, 0.717) is 12.4 Å². The van der Waals surface area contributed by atoms with Gasteiger partial charge in [-0.3, -0.25) is 9.59 Å². The van der Waals surface area contributed by atoms with Gasteiger partial charge in [-0.05, 0) is 13.3 Å². The Hall–Kier alpha value is -0.770. The molecule has 0 spiro atoms. The number of likely N-dealkylation sites (N-methyl/N-ethyl adjacent to an activating group) is 1. The van der Waals surface area contributed by atoms with Gasteiger partial charge in [0, 0.05) is 19.5 Å². The Morgan fingerprint density at radius 3 is 2.71 bits per heavy atom. The van der Waals surface area contributed by atoms with Crippen molar-refractivity contribution in [1.29, 1.82) is 0 Å². The summed E-state index contributed by atoms with van der Waals surface area (Å²) in [5, 5.41) is 0. The van der Waals surface area contributed by atoms with E-state index in [1.54, 1.807) is 18.9 Å². The molecule has 0 aliphatic carbocycles. The molecule has 0 aromatic heterocycles. The maximum absolute atomic E-state index is 11.7. The zero-order valence-corrected chi connectivity index (χ0v) is 9.25. The van der Waals surface area contributed by atoms with Crippen LogP contribution in [0.3, 0.4) is 0 Å². The molecule has 1 atom stereocenters. The molecule has 0 bridgehead atoms. The Balaban J connectivity index is 2.61. The molecule has 14 heavy (non-hydrogen) atoms. The molecule has 1 saturated heterocycles. The third-order valence-corrected chi connectivity index (χ3v) is 2.80. The van der Waals surface area contributed by atoms with Crippen LogP contribution in [0.5, 0.6) is 0 Å². The van der Waals surface area contributed by atoms with Gasteiger partial charge < -0.3 is 9.80 Å². The summed E-state index contributed by atoms with van der Waals surface area (Å²) in [6.07, 6.45) is 0.733. The van der Waals surface area contributed by atoms with Gasteiger partial charge in [-0.15, -0.1) is 11.6 Å². The SMILES string of the molecule is C[C@H]1C(=O)N(CCCCl)CC(=O)N1C. The molecule has 0 N–H and O–H groups in total. The number of amides is 2. The number of hydrogen-bond acceptors (Lipinski definition) is 2. The molecule has 4 nitrogen and oxygen atoms in total. The summed E-state index contributed by atoms with van der Waals surface area (Å²) in [6.45, 7) is 2.51. The predicted octanol–water partition coefficient (Wildman–Crippen LogP) is 0.304. The lowest BCUT2D eigenvalue weighted by atomic mass is 10.2. The van der Waals surface area contributed by atoms with Crippen molar-refractivity contribution in [3.05, 3.63) is 0 Å². The Morgan fingerprint density at radius 2 is 2.14 bits per heavy atom. The summed E-state index contributed by atoms with van der Waals surface area (Å²) in [7, 11) is 1.66. The lowest BCUT2D eigenvalue weighted by Crippen LogP contribution is -2.57. The first kappa shape index (κ1) is 11.3. The van der Waals surface area contributed by atoms with Gasteiger partial charge in [0.2, 0.25) is 11.8 Å². The normalized spacial score (nSPS) is 23.2. The smallest absolute Gasteiger partial charge is 0.245 e. The van der Waals surface area contributed by atoms with Crippen molar-refractivity contribution >= 4 is 23.4 Å². The monoisotopic (exact) mass is 218 g/mol. The van der Waals surface area contributed by atoms with Crippen molar-refractivity contribution in [1.82, 2.24) is 9.80 Å². The van der Waals surface area contributed by atoms with Gasteiger partial charge in [0.1, 0.15) is 6.04 Å². The van der Waals surface area contributed by atoms with E-state index in [1.807, 2.05) is 0 Å². The lowest BCUT2D eigenvalue weighted by molar-refractivity contribution is -0.153. The quantitative estimate of drug-likeness (QED) is 0.640. The Kier molecular flexibility index (Phi) is 3.75. The first-order chi connectivity index (χ1) is 6.57. The molecular weight excluding hydrogens is 204 g/mol. The molecular formula is C9H15ClN2O2. The molecule has 1 heterocycles. The number of carbonyl (C=O) groups excluding carboxylic acids is 2. The summed E-state index contributed by atoms with van der Waals surface area (Å²) in [4.78, 5) is 26.2. The van der Waals surface area contributed by atoms with E-state index in [2.05, 4.69) is 0 Å². The summed E-state index contributed by atoms with van der Waals surface area (Å²) in [5.74, 6) is 0.520. The third kappa shape index (κ3) is 2.18. The molecule has 5 heteroatoms. The van der Waals surface area contributed by atoms with Gasteiger partial charge in [0.25, 0.3) is 0 Å². The minimum Gasteiger partial charge on any atom is -0.332 e. The van der Waals surface area contributed by atoms with E-state index < -0.39 is 0 Å². The van der Waals surface area contributed by atoms with Crippen LogP contribution in [-0.2, 0) is 9.59 Å². The number of hydrogen-bond donors (Lipinski definition) is 0. The number of alkyl halides is 1. The average Bonchev–Trinajstić information content (AvgIpc) is 2.18. The molecule has 0 aromatic carbocycles. The first-order valence-electron chi connectivity index (χ1n) is 4.68. The molecule has 80 valence electrons. The summed E-state index contributed by atoms with van der Waals surface area (Å²) >= 11 is 5.54. The van der Waals surface area contributed by atoms with Crippen LogP contribution >= 0.6 is 11.6 Å².